The average Bonchev–Trinajstić information content (AvgIpc) is 2.35. The minimum Gasteiger partial charge on any atom is -0.349 e. The molecule has 6 heteroatoms. The first-order valence-corrected chi connectivity index (χ1v) is 6.84. The van der Waals surface area contributed by atoms with Crippen LogP contribution in [0.4, 0.5) is 0 Å². The quantitative estimate of drug-likeness (QED) is 0.876. The van der Waals surface area contributed by atoms with Gasteiger partial charge >= 0.3 is 0 Å². The van der Waals surface area contributed by atoms with E-state index in [0.29, 0.717) is 15.6 Å². The lowest BCUT2D eigenvalue weighted by Crippen LogP contribution is -2.40. The number of nitrogens with two attached hydrogens (primary N) is 1. The third-order valence-electron chi connectivity index (χ3n) is 3.30. The lowest BCUT2D eigenvalue weighted by molar-refractivity contribution is 0.0926. The highest BCUT2D eigenvalue weighted by molar-refractivity contribution is 6.43. The SMILES string of the molecule is Cl.NC1CCC(NC(=O)c2cccc(Cl)c2Cl)CC1. The van der Waals surface area contributed by atoms with Gasteiger partial charge in [-0.1, -0.05) is 29.3 Å². The van der Waals surface area contributed by atoms with Crippen molar-refractivity contribution in [1.82, 2.24) is 5.32 Å². The summed E-state index contributed by atoms with van der Waals surface area (Å²) < 4.78 is 0. The lowest BCUT2D eigenvalue weighted by Gasteiger charge is -2.26. The van der Waals surface area contributed by atoms with Gasteiger partial charge in [-0.25, -0.2) is 0 Å². The summed E-state index contributed by atoms with van der Waals surface area (Å²) in [5, 5.41) is 3.69. The molecular weight excluding hydrogens is 307 g/mol. The summed E-state index contributed by atoms with van der Waals surface area (Å²) in [6.45, 7) is 0. The highest BCUT2D eigenvalue weighted by atomic mass is 35.5. The molecule has 0 radical (unpaired) electrons. The van der Waals surface area contributed by atoms with Gasteiger partial charge in [0.05, 0.1) is 15.6 Å². The van der Waals surface area contributed by atoms with E-state index in [4.69, 9.17) is 28.9 Å². The van der Waals surface area contributed by atoms with Gasteiger partial charge in [0.1, 0.15) is 0 Å². The number of benzene rings is 1. The molecule has 1 aromatic carbocycles. The Kier molecular flexibility index (Phi) is 6.40. The number of carbonyl (C=O) groups is 1. The van der Waals surface area contributed by atoms with Crippen molar-refractivity contribution in [1.29, 1.82) is 0 Å². The van der Waals surface area contributed by atoms with E-state index in [1.807, 2.05) is 0 Å². The van der Waals surface area contributed by atoms with E-state index < -0.39 is 0 Å². The summed E-state index contributed by atoms with van der Waals surface area (Å²) in [4.78, 5) is 12.1. The molecule has 0 saturated heterocycles. The summed E-state index contributed by atoms with van der Waals surface area (Å²) in [7, 11) is 0. The second kappa shape index (κ2) is 7.34. The molecule has 0 bridgehead atoms. The molecule has 2 rings (SSSR count). The Bertz CT molecular complexity index is 446. The fraction of sp³-hybridized carbons (Fsp3) is 0.462. The molecule has 3 nitrogen and oxygen atoms in total. The van der Waals surface area contributed by atoms with E-state index in [1.54, 1.807) is 18.2 Å². The maximum Gasteiger partial charge on any atom is 0.253 e. The van der Waals surface area contributed by atoms with Crippen LogP contribution in [-0.2, 0) is 0 Å². The van der Waals surface area contributed by atoms with E-state index in [0.717, 1.165) is 25.7 Å². The highest BCUT2D eigenvalue weighted by Gasteiger charge is 2.21. The summed E-state index contributed by atoms with van der Waals surface area (Å²) in [6.07, 6.45) is 3.75. The molecule has 19 heavy (non-hydrogen) atoms. The van der Waals surface area contributed by atoms with Crippen LogP contribution < -0.4 is 11.1 Å². The number of carbonyl (C=O) groups excluding carboxylic acids is 1. The van der Waals surface area contributed by atoms with Crippen molar-refractivity contribution in [2.75, 3.05) is 0 Å². The smallest absolute Gasteiger partial charge is 0.253 e. The Morgan fingerprint density at radius 1 is 1.21 bits per heavy atom. The molecule has 1 amide bonds. The molecule has 1 aliphatic carbocycles. The van der Waals surface area contributed by atoms with Crippen LogP contribution in [-0.4, -0.2) is 18.0 Å². The molecule has 106 valence electrons. The van der Waals surface area contributed by atoms with Crippen LogP contribution in [0.1, 0.15) is 36.0 Å². The second-order valence-corrected chi connectivity index (χ2v) is 5.47. The van der Waals surface area contributed by atoms with E-state index in [2.05, 4.69) is 5.32 Å². The molecule has 1 saturated carbocycles. The van der Waals surface area contributed by atoms with Crippen LogP contribution in [0.5, 0.6) is 0 Å². The van der Waals surface area contributed by atoms with E-state index in [1.165, 1.54) is 0 Å². The van der Waals surface area contributed by atoms with Gasteiger partial charge in [-0.3, -0.25) is 4.79 Å². The number of halogens is 3. The molecule has 0 aromatic heterocycles. The lowest BCUT2D eigenvalue weighted by atomic mass is 9.91. The van der Waals surface area contributed by atoms with Gasteiger partial charge < -0.3 is 11.1 Å². The summed E-state index contributed by atoms with van der Waals surface area (Å²) >= 11 is 11.9. The fourth-order valence-electron chi connectivity index (χ4n) is 2.21. The van der Waals surface area contributed by atoms with Crippen molar-refractivity contribution in [2.24, 2.45) is 5.73 Å². The second-order valence-electron chi connectivity index (χ2n) is 4.69. The standard InChI is InChI=1S/C13H16Cl2N2O.ClH/c14-11-3-1-2-10(12(11)15)13(18)17-9-6-4-8(16)5-7-9;/h1-3,8-9H,4-7,16H2,(H,17,18);1H. The summed E-state index contributed by atoms with van der Waals surface area (Å²) in [5.74, 6) is -0.164. The Morgan fingerprint density at radius 3 is 2.47 bits per heavy atom. The van der Waals surface area contributed by atoms with Crippen LogP contribution in [0, 0.1) is 0 Å². The van der Waals surface area contributed by atoms with Gasteiger partial charge in [0, 0.05) is 12.1 Å². The zero-order chi connectivity index (χ0) is 13.1. The molecule has 0 unspecified atom stereocenters. The highest BCUT2D eigenvalue weighted by Crippen LogP contribution is 2.26. The number of amides is 1. The molecule has 0 spiro atoms. The molecule has 3 N–H and O–H groups in total. The van der Waals surface area contributed by atoms with Crippen LogP contribution in [0.25, 0.3) is 0 Å². The molecule has 1 aliphatic rings. The first kappa shape index (κ1) is 16.6. The topological polar surface area (TPSA) is 55.1 Å². The fourth-order valence-corrected chi connectivity index (χ4v) is 2.59. The number of nitrogens with one attached hydrogen (secondary N) is 1. The normalized spacial score (nSPS) is 22.5. The van der Waals surface area contributed by atoms with Gasteiger partial charge in [0.15, 0.2) is 0 Å². The molecule has 0 aliphatic heterocycles. The molecule has 0 heterocycles. The number of hydrogen-bond donors (Lipinski definition) is 2. The molecular formula is C13H17Cl3N2O. The van der Waals surface area contributed by atoms with Crippen molar-refractivity contribution in [3.8, 4) is 0 Å². The van der Waals surface area contributed by atoms with Crippen molar-refractivity contribution in [3.05, 3.63) is 33.8 Å². The largest absolute Gasteiger partial charge is 0.349 e. The monoisotopic (exact) mass is 322 g/mol. The predicted molar refractivity (Wildman–Crippen MR) is 81.4 cm³/mol. The number of hydrogen-bond acceptors (Lipinski definition) is 2. The Hall–Kier alpha value is -0.480. The van der Waals surface area contributed by atoms with Crippen LogP contribution in [0.2, 0.25) is 10.0 Å². The summed E-state index contributed by atoms with van der Waals surface area (Å²) in [6, 6.07) is 5.53. The predicted octanol–water partition coefficient (Wildman–Crippen LogP) is 3.41. The van der Waals surface area contributed by atoms with Crippen LogP contribution in [0.3, 0.4) is 0 Å². The van der Waals surface area contributed by atoms with Gasteiger partial charge in [-0.15, -0.1) is 12.4 Å². The molecule has 0 atom stereocenters. The zero-order valence-corrected chi connectivity index (χ0v) is 12.7. The van der Waals surface area contributed by atoms with Crippen LogP contribution >= 0.6 is 35.6 Å². The van der Waals surface area contributed by atoms with E-state index >= 15 is 0 Å². The Labute approximate surface area is 129 Å². The molecule has 1 aromatic rings. The average molecular weight is 324 g/mol. The minimum atomic E-state index is -0.164. The maximum atomic E-state index is 12.1. The van der Waals surface area contributed by atoms with Crippen molar-refractivity contribution >= 4 is 41.5 Å². The first-order chi connectivity index (χ1) is 8.58. The van der Waals surface area contributed by atoms with E-state index in [-0.39, 0.29) is 30.4 Å². The van der Waals surface area contributed by atoms with Crippen molar-refractivity contribution in [3.63, 3.8) is 0 Å². The third-order valence-corrected chi connectivity index (χ3v) is 4.12. The van der Waals surface area contributed by atoms with Gasteiger partial charge in [0.25, 0.3) is 5.91 Å². The maximum absolute atomic E-state index is 12.1. The minimum absolute atomic E-state index is 0. The Balaban J connectivity index is 0.00000180. The van der Waals surface area contributed by atoms with Crippen molar-refractivity contribution in [2.45, 2.75) is 37.8 Å². The first-order valence-electron chi connectivity index (χ1n) is 6.08. The zero-order valence-electron chi connectivity index (χ0n) is 10.4. The van der Waals surface area contributed by atoms with Gasteiger partial charge in [-0.2, -0.15) is 0 Å². The third kappa shape index (κ3) is 4.25. The van der Waals surface area contributed by atoms with Crippen molar-refractivity contribution < 1.29 is 4.79 Å². The molecule has 1 fully saturated rings. The summed E-state index contributed by atoms with van der Waals surface area (Å²) in [5.41, 5.74) is 6.26. The van der Waals surface area contributed by atoms with Gasteiger partial charge in [-0.05, 0) is 37.8 Å². The van der Waals surface area contributed by atoms with E-state index in [9.17, 15) is 4.79 Å². The number of rotatable bonds is 2. The Morgan fingerprint density at radius 2 is 1.84 bits per heavy atom. The van der Waals surface area contributed by atoms with Gasteiger partial charge in [0.2, 0.25) is 0 Å². The van der Waals surface area contributed by atoms with Crippen LogP contribution in [0.15, 0.2) is 18.2 Å².